The second-order valence-electron chi connectivity index (χ2n) is 12.9. The maximum absolute atomic E-state index is 11.6. The number of aliphatic carboxylic acids is 1. The van der Waals surface area contributed by atoms with Crippen molar-refractivity contribution in [3.05, 3.63) is 11.6 Å². The lowest BCUT2D eigenvalue weighted by atomic mass is 9.47. The Kier molecular flexibility index (Phi) is 7.05. The maximum atomic E-state index is 11.6. The van der Waals surface area contributed by atoms with Crippen LogP contribution in [-0.2, 0) is 14.3 Å². The van der Waals surface area contributed by atoms with Crippen molar-refractivity contribution < 1.29 is 19.4 Å². The zero-order valence-corrected chi connectivity index (χ0v) is 21.6. The molecule has 0 saturated heterocycles. The monoisotopic (exact) mass is 458 g/mol. The van der Waals surface area contributed by atoms with Gasteiger partial charge in [0.1, 0.15) is 6.10 Å². The number of carbonyl (C=O) groups is 2. The number of fused-ring (bicyclic) bond motifs is 5. The number of hydrogen-bond acceptors (Lipinski definition) is 3. The molecule has 0 aromatic carbocycles. The first-order chi connectivity index (χ1) is 15.6. The largest absolute Gasteiger partial charge is 0.473 e. The van der Waals surface area contributed by atoms with Gasteiger partial charge in [-0.25, -0.2) is 9.59 Å². The summed E-state index contributed by atoms with van der Waals surface area (Å²) in [5.41, 5.74) is 2.12. The molecule has 0 heterocycles. The minimum absolute atomic E-state index is 0.192. The first kappa shape index (κ1) is 24.8. The van der Waals surface area contributed by atoms with E-state index in [9.17, 15) is 9.59 Å². The Morgan fingerprint density at radius 2 is 1.82 bits per heavy atom. The van der Waals surface area contributed by atoms with Crippen LogP contribution in [0.3, 0.4) is 0 Å². The molecule has 0 aliphatic heterocycles. The number of carbonyl (C=O) groups excluding carboxylic acids is 1. The molecule has 0 aromatic heterocycles. The van der Waals surface area contributed by atoms with Crippen LogP contribution in [0.1, 0.15) is 105 Å². The van der Waals surface area contributed by atoms with Crippen molar-refractivity contribution in [1.29, 1.82) is 0 Å². The maximum Gasteiger partial charge on any atom is 0.417 e. The fraction of sp³-hybridized carbons (Fsp3) is 0.862. The third-order valence-corrected chi connectivity index (χ3v) is 10.7. The predicted molar refractivity (Wildman–Crippen MR) is 131 cm³/mol. The van der Waals surface area contributed by atoms with Crippen LogP contribution < -0.4 is 0 Å². The molecule has 0 radical (unpaired) electrons. The normalized spacial score (nSPS) is 40.9. The molecule has 3 saturated carbocycles. The van der Waals surface area contributed by atoms with E-state index < -0.39 is 11.9 Å². The van der Waals surface area contributed by atoms with Crippen LogP contribution in [0.15, 0.2) is 11.6 Å². The van der Waals surface area contributed by atoms with Gasteiger partial charge in [0, 0.05) is 6.42 Å². The molecule has 4 aliphatic rings. The Labute approximate surface area is 200 Å². The quantitative estimate of drug-likeness (QED) is 0.264. The molecule has 8 atom stereocenters. The SMILES string of the molecule is CC(C)CCC[C@@H](C)[C@H]1CCC2C3CC=C4CC(OC(=O)C(=O)O)CC[C@]4(C)C3CC[C@@]21C. The predicted octanol–water partition coefficient (Wildman–Crippen LogP) is 7.02. The third kappa shape index (κ3) is 4.52. The molecule has 4 heteroatoms. The number of esters is 1. The molecule has 1 N–H and O–H groups in total. The number of rotatable bonds is 6. The molecule has 0 spiro atoms. The average Bonchev–Trinajstić information content (AvgIpc) is 3.11. The molecular formula is C29H46O4. The first-order valence-electron chi connectivity index (χ1n) is 13.7. The molecule has 0 bridgehead atoms. The smallest absolute Gasteiger partial charge is 0.417 e. The van der Waals surface area contributed by atoms with E-state index in [1.165, 1.54) is 50.5 Å². The summed E-state index contributed by atoms with van der Waals surface area (Å²) in [6.07, 6.45) is 15.5. The number of allylic oxidation sites excluding steroid dienone is 1. The van der Waals surface area contributed by atoms with Gasteiger partial charge in [-0.2, -0.15) is 0 Å². The Balaban J connectivity index is 1.45. The van der Waals surface area contributed by atoms with Gasteiger partial charge in [0.15, 0.2) is 0 Å². The number of ether oxygens (including phenoxy) is 1. The summed E-state index contributed by atoms with van der Waals surface area (Å²) in [6, 6.07) is 0. The van der Waals surface area contributed by atoms with E-state index in [0.717, 1.165) is 61.2 Å². The van der Waals surface area contributed by atoms with Crippen molar-refractivity contribution in [3.63, 3.8) is 0 Å². The Bertz CT molecular complexity index is 784. The number of carboxylic acids is 1. The van der Waals surface area contributed by atoms with E-state index in [1.807, 2.05) is 0 Å². The van der Waals surface area contributed by atoms with Gasteiger partial charge in [-0.05, 0) is 91.3 Å². The second kappa shape index (κ2) is 9.38. The molecule has 0 amide bonds. The molecule has 4 unspecified atom stereocenters. The summed E-state index contributed by atoms with van der Waals surface area (Å²) in [7, 11) is 0. The highest BCUT2D eigenvalue weighted by atomic mass is 16.6. The van der Waals surface area contributed by atoms with E-state index in [0.29, 0.717) is 5.41 Å². The van der Waals surface area contributed by atoms with Crippen molar-refractivity contribution in [1.82, 2.24) is 0 Å². The zero-order valence-electron chi connectivity index (χ0n) is 21.6. The molecule has 33 heavy (non-hydrogen) atoms. The Morgan fingerprint density at radius 1 is 1.06 bits per heavy atom. The minimum Gasteiger partial charge on any atom is -0.473 e. The van der Waals surface area contributed by atoms with Gasteiger partial charge < -0.3 is 9.84 Å². The fourth-order valence-corrected chi connectivity index (χ4v) is 8.95. The van der Waals surface area contributed by atoms with Crippen LogP contribution in [0, 0.1) is 46.3 Å². The zero-order chi connectivity index (χ0) is 24.0. The topological polar surface area (TPSA) is 63.6 Å². The van der Waals surface area contributed by atoms with Crippen molar-refractivity contribution in [3.8, 4) is 0 Å². The first-order valence-corrected chi connectivity index (χ1v) is 13.7. The van der Waals surface area contributed by atoms with Gasteiger partial charge in [-0.3, -0.25) is 0 Å². The molecule has 0 aromatic rings. The fourth-order valence-electron chi connectivity index (χ4n) is 8.95. The highest BCUT2D eigenvalue weighted by Crippen LogP contribution is 2.67. The minimum atomic E-state index is -1.48. The van der Waals surface area contributed by atoms with Crippen LogP contribution in [0.4, 0.5) is 0 Å². The summed E-state index contributed by atoms with van der Waals surface area (Å²) in [4.78, 5) is 22.5. The van der Waals surface area contributed by atoms with E-state index in [1.54, 1.807) is 0 Å². The number of hydrogen-bond donors (Lipinski definition) is 1. The lowest BCUT2D eigenvalue weighted by molar-refractivity contribution is -0.168. The molecular weight excluding hydrogens is 412 g/mol. The van der Waals surface area contributed by atoms with Gasteiger partial charge in [-0.1, -0.05) is 65.5 Å². The van der Waals surface area contributed by atoms with E-state index in [2.05, 4.69) is 40.7 Å². The van der Waals surface area contributed by atoms with Crippen LogP contribution in [0.5, 0.6) is 0 Å². The van der Waals surface area contributed by atoms with Gasteiger partial charge in [-0.15, -0.1) is 0 Å². The van der Waals surface area contributed by atoms with Gasteiger partial charge in [0.25, 0.3) is 0 Å². The van der Waals surface area contributed by atoms with Crippen molar-refractivity contribution in [2.45, 2.75) is 111 Å². The van der Waals surface area contributed by atoms with Crippen LogP contribution in [-0.4, -0.2) is 23.1 Å². The summed E-state index contributed by atoms with van der Waals surface area (Å²) < 4.78 is 5.28. The van der Waals surface area contributed by atoms with Crippen molar-refractivity contribution in [2.75, 3.05) is 0 Å². The lowest BCUT2D eigenvalue weighted by Gasteiger charge is -2.58. The van der Waals surface area contributed by atoms with Gasteiger partial charge in [0.2, 0.25) is 0 Å². The molecule has 3 fully saturated rings. The summed E-state index contributed by atoms with van der Waals surface area (Å²) in [5, 5.41) is 8.90. The summed E-state index contributed by atoms with van der Waals surface area (Å²) in [5.74, 6) is 2.27. The van der Waals surface area contributed by atoms with E-state index in [4.69, 9.17) is 9.84 Å². The highest BCUT2D eigenvalue weighted by molar-refractivity contribution is 6.28. The average molecular weight is 459 g/mol. The molecule has 4 aliphatic carbocycles. The second-order valence-corrected chi connectivity index (χ2v) is 12.9. The van der Waals surface area contributed by atoms with Crippen LogP contribution in [0.25, 0.3) is 0 Å². The Morgan fingerprint density at radius 3 is 2.52 bits per heavy atom. The van der Waals surface area contributed by atoms with Crippen molar-refractivity contribution >= 4 is 11.9 Å². The number of carboxylic acid groups (broad SMARTS) is 1. The van der Waals surface area contributed by atoms with E-state index in [-0.39, 0.29) is 11.5 Å². The van der Waals surface area contributed by atoms with Crippen LogP contribution in [0.2, 0.25) is 0 Å². The summed E-state index contributed by atoms with van der Waals surface area (Å²) in [6.45, 7) is 12.3. The molecule has 4 rings (SSSR count). The van der Waals surface area contributed by atoms with Gasteiger partial charge in [0.05, 0.1) is 0 Å². The summed E-state index contributed by atoms with van der Waals surface area (Å²) >= 11 is 0. The third-order valence-electron chi connectivity index (χ3n) is 10.7. The standard InChI is InChI=1S/C29H46O4/c1-18(2)7-6-8-19(3)23-11-12-24-22-10-9-20-17-21(33-27(32)26(30)31)13-15-28(20,4)25(22)14-16-29(23,24)5/h9,18-19,21-25H,6-8,10-17H2,1-5H3,(H,30,31)/t19-,21?,22?,23-,24?,25?,28+,29-/m1/s1. The van der Waals surface area contributed by atoms with E-state index >= 15 is 0 Å². The van der Waals surface area contributed by atoms with Crippen molar-refractivity contribution in [2.24, 2.45) is 46.3 Å². The van der Waals surface area contributed by atoms with Gasteiger partial charge >= 0.3 is 11.9 Å². The van der Waals surface area contributed by atoms with Crippen LogP contribution >= 0.6 is 0 Å². The molecule has 186 valence electrons. The molecule has 4 nitrogen and oxygen atoms in total. The lowest BCUT2D eigenvalue weighted by Crippen LogP contribution is -2.51. The highest BCUT2D eigenvalue weighted by Gasteiger charge is 2.59. The Hall–Kier alpha value is -1.32.